The van der Waals surface area contributed by atoms with Gasteiger partial charge in [0, 0.05) is 5.69 Å². The fraction of sp³-hybridized carbons (Fsp3) is 0.263. The molecule has 0 saturated carbocycles. The third kappa shape index (κ3) is 4.65. The second-order valence-electron chi connectivity index (χ2n) is 5.53. The van der Waals surface area contributed by atoms with Crippen molar-refractivity contribution in [3.8, 4) is 0 Å². The predicted octanol–water partition coefficient (Wildman–Crippen LogP) is 4.13. The monoisotopic (exact) mass is 329 g/mol. The van der Waals surface area contributed by atoms with Gasteiger partial charge in [0.2, 0.25) is 0 Å². The van der Waals surface area contributed by atoms with Gasteiger partial charge in [-0.1, -0.05) is 32.0 Å². The van der Waals surface area contributed by atoms with Crippen molar-refractivity contribution in [2.24, 2.45) is 0 Å². The maximum Gasteiger partial charge on any atom is 0.338 e. The van der Waals surface area contributed by atoms with Crippen LogP contribution in [0.1, 0.15) is 42.1 Å². The molecule has 126 valence electrons. The zero-order valence-electron chi connectivity index (χ0n) is 13.7. The topological polar surface area (TPSA) is 55.4 Å². The normalized spacial score (nSPS) is 11.6. The summed E-state index contributed by atoms with van der Waals surface area (Å²) in [5, 5.41) is 2.77. The Labute approximate surface area is 140 Å². The average Bonchev–Trinajstić information content (AvgIpc) is 2.60. The minimum absolute atomic E-state index is 0.198. The summed E-state index contributed by atoms with van der Waals surface area (Å²) in [6.07, 6.45) is 0.951. The minimum Gasteiger partial charge on any atom is -0.452 e. The van der Waals surface area contributed by atoms with Gasteiger partial charge in [0.1, 0.15) is 5.82 Å². The summed E-state index contributed by atoms with van der Waals surface area (Å²) >= 11 is 0. The largest absolute Gasteiger partial charge is 0.452 e. The lowest BCUT2D eigenvalue weighted by atomic mass is 9.97. The van der Waals surface area contributed by atoms with Crippen molar-refractivity contribution in [1.29, 1.82) is 0 Å². The van der Waals surface area contributed by atoms with Gasteiger partial charge in [0.05, 0.1) is 5.56 Å². The number of carbonyl (C=O) groups excluding carboxylic acids is 2. The Kier molecular flexibility index (Phi) is 6.07. The second kappa shape index (κ2) is 8.24. The number of benzene rings is 2. The van der Waals surface area contributed by atoms with E-state index in [1.54, 1.807) is 0 Å². The van der Waals surface area contributed by atoms with E-state index >= 15 is 0 Å². The number of rotatable bonds is 6. The fourth-order valence-corrected chi connectivity index (χ4v) is 2.25. The zero-order chi connectivity index (χ0) is 17.5. The summed E-state index contributed by atoms with van der Waals surface area (Å²) in [6.45, 7) is 3.76. The highest BCUT2D eigenvalue weighted by molar-refractivity contribution is 5.95. The molecule has 1 atom stereocenters. The maximum atomic E-state index is 12.8. The van der Waals surface area contributed by atoms with Gasteiger partial charge < -0.3 is 10.1 Å². The highest BCUT2D eigenvalue weighted by atomic mass is 19.1. The van der Waals surface area contributed by atoms with Crippen LogP contribution < -0.4 is 5.32 Å². The zero-order valence-corrected chi connectivity index (χ0v) is 13.7. The van der Waals surface area contributed by atoms with E-state index in [1.165, 1.54) is 24.3 Å². The van der Waals surface area contributed by atoms with Gasteiger partial charge in [0.15, 0.2) is 6.61 Å². The number of ether oxygens (including phenoxy) is 1. The lowest BCUT2D eigenvalue weighted by Crippen LogP contribution is -2.21. The van der Waals surface area contributed by atoms with E-state index in [2.05, 4.69) is 19.2 Å². The molecular formula is C19H20FNO3. The molecule has 4 nitrogen and oxygen atoms in total. The Bertz CT molecular complexity index is 713. The van der Waals surface area contributed by atoms with Gasteiger partial charge in [-0.25, -0.2) is 9.18 Å². The van der Waals surface area contributed by atoms with Crippen LogP contribution in [0.2, 0.25) is 0 Å². The Morgan fingerprint density at radius 1 is 1.12 bits per heavy atom. The summed E-state index contributed by atoms with van der Waals surface area (Å²) in [5.41, 5.74) is 1.96. The van der Waals surface area contributed by atoms with Gasteiger partial charge in [-0.15, -0.1) is 0 Å². The summed E-state index contributed by atoms with van der Waals surface area (Å²) in [6, 6.07) is 12.5. The highest BCUT2D eigenvalue weighted by Gasteiger charge is 2.13. The van der Waals surface area contributed by atoms with Crippen LogP contribution in [0.4, 0.5) is 10.1 Å². The first-order valence-corrected chi connectivity index (χ1v) is 7.82. The van der Waals surface area contributed by atoms with Gasteiger partial charge in [0.25, 0.3) is 5.91 Å². The lowest BCUT2D eigenvalue weighted by Gasteiger charge is -2.15. The van der Waals surface area contributed by atoms with Crippen LogP contribution in [0.25, 0.3) is 0 Å². The van der Waals surface area contributed by atoms with Gasteiger partial charge in [-0.05, 0) is 48.2 Å². The molecule has 0 aliphatic heterocycles. The first-order valence-electron chi connectivity index (χ1n) is 7.82. The molecule has 0 bridgehead atoms. The number of halogens is 1. The molecule has 0 fully saturated rings. The molecular weight excluding hydrogens is 309 g/mol. The number of hydrogen-bond donors (Lipinski definition) is 1. The smallest absolute Gasteiger partial charge is 0.338 e. The molecule has 0 saturated heterocycles. The van der Waals surface area contributed by atoms with Gasteiger partial charge in [-0.2, -0.15) is 0 Å². The van der Waals surface area contributed by atoms with Crippen molar-refractivity contribution in [2.75, 3.05) is 11.9 Å². The van der Waals surface area contributed by atoms with Gasteiger partial charge in [-0.3, -0.25) is 4.79 Å². The molecule has 0 unspecified atom stereocenters. The van der Waals surface area contributed by atoms with Crippen molar-refractivity contribution in [2.45, 2.75) is 26.2 Å². The third-order valence-electron chi connectivity index (χ3n) is 3.79. The van der Waals surface area contributed by atoms with Crippen LogP contribution in [0.15, 0.2) is 48.5 Å². The van der Waals surface area contributed by atoms with Crippen molar-refractivity contribution >= 4 is 17.6 Å². The van der Waals surface area contributed by atoms with Crippen molar-refractivity contribution < 1.29 is 18.7 Å². The number of carbonyl (C=O) groups is 2. The quantitative estimate of drug-likeness (QED) is 0.811. The van der Waals surface area contributed by atoms with Crippen LogP contribution in [0.5, 0.6) is 0 Å². The molecule has 0 aliphatic rings. The van der Waals surface area contributed by atoms with E-state index in [4.69, 9.17) is 4.74 Å². The molecule has 2 aromatic carbocycles. The molecule has 0 aliphatic carbocycles. The first-order chi connectivity index (χ1) is 11.5. The molecule has 2 aromatic rings. The van der Waals surface area contributed by atoms with E-state index in [0.717, 1.165) is 17.7 Å². The van der Waals surface area contributed by atoms with E-state index in [1.807, 2.05) is 24.3 Å². The third-order valence-corrected chi connectivity index (χ3v) is 3.79. The van der Waals surface area contributed by atoms with E-state index in [9.17, 15) is 14.0 Å². The summed E-state index contributed by atoms with van der Waals surface area (Å²) < 4.78 is 17.8. The van der Waals surface area contributed by atoms with Gasteiger partial charge >= 0.3 is 5.97 Å². The van der Waals surface area contributed by atoms with E-state index < -0.39 is 24.3 Å². The van der Waals surface area contributed by atoms with Crippen LogP contribution in [-0.2, 0) is 9.53 Å². The summed E-state index contributed by atoms with van der Waals surface area (Å²) in [4.78, 5) is 23.8. The number of para-hydroxylation sites is 1. The van der Waals surface area contributed by atoms with Crippen LogP contribution in [-0.4, -0.2) is 18.5 Å². The molecule has 5 heteroatoms. The van der Waals surface area contributed by atoms with Crippen molar-refractivity contribution in [3.05, 3.63) is 65.5 Å². The number of nitrogens with one attached hydrogen (secondary N) is 1. The van der Waals surface area contributed by atoms with Crippen molar-refractivity contribution in [3.63, 3.8) is 0 Å². The van der Waals surface area contributed by atoms with Crippen LogP contribution in [0, 0.1) is 5.82 Å². The number of hydrogen-bond acceptors (Lipinski definition) is 3. The Morgan fingerprint density at radius 2 is 1.79 bits per heavy atom. The summed E-state index contributed by atoms with van der Waals surface area (Å²) in [7, 11) is 0. The Morgan fingerprint density at radius 3 is 2.46 bits per heavy atom. The maximum absolute atomic E-state index is 12.8. The Balaban J connectivity index is 1.94. The SMILES string of the molecule is CC[C@H](C)c1ccccc1NC(=O)COC(=O)c1ccc(F)cc1. The number of anilines is 1. The minimum atomic E-state index is -0.666. The molecule has 0 radical (unpaired) electrons. The summed E-state index contributed by atoms with van der Waals surface area (Å²) in [5.74, 6) is -1.21. The fourth-order valence-electron chi connectivity index (χ4n) is 2.25. The molecule has 0 heterocycles. The predicted molar refractivity (Wildman–Crippen MR) is 90.5 cm³/mol. The van der Waals surface area contributed by atoms with Crippen molar-refractivity contribution in [1.82, 2.24) is 0 Å². The standard InChI is InChI=1S/C19H20FNO3/c1-3-13(2)16-6-4-5-7-17(16)21-18(22)12-24-19(23)14-8-10-15(20)11-9-14/h4-11,13H,3,12H2,1-2H3,(H,21,22)/t13-/m0/s1. The van der Waals surface area contributed by atoms with E-state index in [-0.39, 0.29) is 5.56 Å². The van der Waals surface area contributed by atoms with Crippen LogP contribution >= 0.6 is 0 Å². The molecule has 0 spiro atoms. The average molecular weight is 329 g/mol. The number of amides is 1. The van der Waals surface area contributed by atoms with E-state index in [0.29, 0.717) is 5.92 Å². The molecule has 24 heavy (non-hydrogen) atoms. The second-order valence-corrected chi connectivity index (χ2v) is 5.53. The lowest BCUT2D eigenvalue weighted by molar-refractivity contribution is -0.119. The Hall–Kier alpha value is -2.69. The molecule has 1 N–H and O–H groups in total. The van der Waals surface area contributed by atoms with Crippen LogP contribution in [0.3, 0.4) is 0 Å². The number of esters is 1. The first kappa shape index (κ1) is 17.7. The highest BCUT2D eigenvalue weighted by Crippen LogP contribution is 2.26. The molecule has 2 rings (SSSR count). The molecule has 1 amide bonds. The molecule has 0 aromatic heterocycles.